The second-order valence-electron chi connectivity index (χ2n) is 13.0. The fourth-order valence-electron chi connectivity index (χ4n) is 5.29. The van der Waals surface area contributed by atoms with Gasteiger partial charge in [0.1, 0.15) is 6.61 Å². The highest BCUT2D eigenvalue weighted by molar-refractivity contribution is 7.46. The Labute approximate surface area is 293 Å². The maximum absolute atomic E-state index is 12.4. The summed E-state index contributed by atoms with van der Waals surface area (Å²) in [5.41, 5.74) is 3.28. The molecule has 0 aromatic carbocycles. The predicted molar refractivity (Wildman–Crippen MR) is 197 cm³/mol. The van der Waals surface area contributed by atoms with Gasteiger partial charge in [-0.05, 0) is 76.4 Å². The van der Waals surface area contributed by atoms with Crippen LogP contribution in [0.15, 0.2) is 30.0 Å². The molecule has 0 saturated carbocycles. The lowest BCUT2D eigenvalue weighted by Crippen LogP contribution is -2.29. The average molecular weight is 699 g/mol. The quantitative estimate of drug-likeness (QED) is 0.0221. The average Bonchev–Trinajstić information content (AvgIpc) is 3.05. The van der Waals surface area contributed by atoms with E-state index in [9.17, 15) is 14.2 Å². The van der Waals surface area contributed by atoms with Crippen molar-refractivity contribution >= 4 is 19.8 Å². The van der Waals surface area contributed by atoms with E-state index < -0.39 is 32.5 Å². The monoisotopic (exact) mass is 698 g/mol. The number of unbranched alkanes of at least 4 members (excludes halogenated alkanes) is 21. The molecule has 1 atom stereocenters. The van der Waals surface area contributed by atoms with E-state index in [4.69, 9.17) is 19.3 Å². The van der Waals surface area contributed by atoms with E-state index >= 15 is 0 Å². The third-order valence-corrected chi connectivity index (χ3v) is 8.70. The van der Waals surface area contributed by atoms with Crippen LogP contribution in [0.2, 0.25) is 0 Å². The number of hydrogen-bond donors (Lipinski definition) is 2. The molecule has 0 aliphatic heterocycles. The molecule has 8 nitrogen and oxygen atoms in total. The van der Waals surface area contributed by atoms with Crippen LogP contribution >= 0.6 is 7.82 Å². The predicted octanol–water partition coefficient (Wildman–Crippen LogP) is 11.4. The van der Waals surface area contributed by atoms with Gasteiger partial charge in [-0.2, -0.15) is 0 Å². The van der Waals surface area contributed by atoms with Crippen LogP contribution in [0.1, 0.15) is 187 Å². The lowest BCUT2D eigenvalue weighted by Gasteiger charge is -2.18. The van der Waals surface area contributed by atoms with Crippen molar-refractivity contribution in [1.29, 1.82) is 0 Å². The Morgan fingerprint density at radius 2 is 1.00 bits per heavy atom. The molecule has 0 aliphatic rings. The Morgan fingerprint density at radius 1 is 0.583 bits per heavy atom. The zero-order valence-corrected chi connectivity index (χ0v) is 31.6. The van der Waals surface area contributed by atoms with Gasteiger partial charge in [-0.1, -0.05) is 122 Å². The number of carbonyl (C=O) groups excluding carboxylic acids is 2. The molecule has 0 fully saturated rings. The van der Waals surface area contributed by atoms with Gasteiger partial charge in [0.15, 0.2) is 6.10 Å². The first kappa shape index (κ1) is 46.3. The van der Waals surface area contributed by atoms with E-state index in [1.54, 1.807) is 0 Å². The van der Waals surface area contributed by atoms with Crippen LogP contribution in [0.25, 0.3) is 0 Å². The molecule has 0 heterocycles. The van der Waals surface area contributed by atoms with Crippen LogP contribution < -0.4 is 0 Å². The smallest absolute Gasteiger partial charge is 0.462 e. The number of phosphoric ester groups is 1. The highest BCUT2D eigenvalue weighted by atomic mass is 31.2. The van der Waals surface area contributed by atoms with Gasteiger partial charge in [0.2, 0.25) is 0 Å². The highest BCUT2D eigenvalue weighted by Crippen LogP contribution is 2.36. The molecule has 280 valence electrons. The summed E-state index contributed by atoms with van der Waals surface area (Å²) < 4.78 is 26.3. The van der Waals surface area contributed by atoms with E-state index in [1.807, 2.05) is 0 Å². The molecule has 0 rings (SSSR count). The lowest BCUT2D eigenvalue weighted by molar-refractivity contribution is -0.161. The maximum atomic E-state index is 12.4. The van der Waals surface area contributed by atoms with Gasteiger partial charge in [0.05, 0.1) is 6.61 Å². The molecule has 2 N–H and O–H groups in total. The van der Waals surface area contributed by atoms with E-state index in [2.05, 4.69) is 48.4 Å². The van der Waals surface area contributed by atoms with Gasteiger partial charge in [-0.15, -0.1) is 5.73 Å². The summed E-state index contributed by atoms with van der Waals surface area (Å²) in [6, 6.07) is 0. The third-order valence-electron chi connectivity index (χ3n) is 8.22. The standard InChI is InChI=1S/C39H71O8P/c1-3-5-7-9-11-13-15-17-19-21-23-25-27-29-31-33-38(40)45-35-37(36-46-48(42,43)44)47-39(41)34-32-30-28-26-24-22-20-18-16-14-12-10-8-6-4-2/h16-17,19-20,37H,3-15,21-36H2,1-2H3,(H2,42,43,44)/b19-17+. The molecule has 0 aliphatic carbocycles. The summed E-state index contributed by atoms with van der Waals surface area (Å²) in [4.78, 5) is 42.7. The van der Waals surface area contributed by atoms with Gasteiger partial charge in [0.25, 0.3) is 0 Å². The Hall–Kier alpha value is -1.69. The van der Waals surface area contributed by atoms with Crippen LogP contribution in [0.3, 0.4) is 0 Å². The Kier molecular flexibility index (Phi) is 33.9. The van der Waals surface area contributed by atoms with Gasteiger partial charge in [-0.3, -0.25) is 14.1 Å². The normalized spacial score (nSPS) is 12.2. The van der Waals surface area contributed by atoms with Crippen molar-refractivity contribution in [3.63, 3.8) is 0 Å². The van der Waals surface area contributed by atoms with E-state index in [-0.39, 0.29) is 19.4 Å². The number of rotatable bonds is 35. The number of esters is 2. The summed E-state index contributed by atoms with van der Waals surface area (Å²) in [6.45, 7) is 3.63. The van der Waals surface area contributed by atoms with Gasteiger partial charge >= 0.3 is 19.8 Å². The van der Waals surface area contributed by atoms with Crippen LogP contribution in [0.5, 0.6) is 0 Å². The SMILES string of the molecule is CCCCCCCC=C=CCCCCCCCC(=O)OC(COC(=O)CCCCCCC/C=C/CCCCCCCC)COP(=O)(O)O. The second-order valence-corrected chi connectivity index (χ2v) is 14.2. The molecule has 0 spiro atoms. The molecule has 48 heavy (non-hydrogen) atoms. The van der Waals surface area contributed by atoms with Crippen molar-refractivity contribution in [3.05, 3.63) is 30.0 Å². The molecular weight excluding hydrogens is 627 g/mol. The summed E-state index contributed by atoms with van der Waals surface area (Å²) in [7, 11) is -4.76. The molecule has 0 aromatic rings. The molecule has 0 aromatic heterocycles. The Bertz CT molecular complexity index is 890. The molecule has 1 unspecified atom stereocenters. The van der Waals surface area contributed by atoms with E-state index in [0.29, 0.717) is 12.8 Å². The number of ether oxygens (including phenoxy) is 2. The zero-order chi connectivity index (χ0) is 35.4. The van der Waals surface area contributed by atoms with Gasteiger partial charge in [-0.25, -0.2) is 4.57 Å². The lowest BCUT2D eigenvalue weighted by atomic mass is 10.1. The fourth-order valence-corrected chi connectivity index (χ4v) is 5.65. The van der Waals surface area contributed by atoms with E-state index in [1.165, 1.54) is 77.0 Å². The minimum Gasteiger partial charge on any atom is -0.462 e. The van der Waals surface area contributed by atoms with Gasteiger partial charge in [0, 0.05) is 12.8 Å². The minimum absolute atomic E-state index is 0.191. The summed E-state index contributed by atoms with van der Waals surface area (Å²) in [5, 5.41) is 0. The minimum atomic E-state index is -4.76. The molecule has 0 saturated heterocycles. The number of allylic oxidation sites excluding steroid dienone is 3. The van der Waals surface area contributed by atoms with Crippen molar-refractivity contribution in [2.24, 2.45) is 0 Å². The number of phosphoric acid groups is 1. The first-order valence-electron chi connectivity index (χ1n) is 19.4. The zero-order valence-electron chi connectivity index (χ0n) is 30.7. The van der Waals surface area contributed by atoms with Crippen molar-refractivity contribution in [2.75, 3.05) is 13.2 Å². The van der Waals surface area contributed by atoms with Crippen molar-refractivity contribution in [2.45, 2.75) is 193 Å². The topological polar surface area (TPSA) is 119 Å². The van der Waals surface area contributed by atoms with Crippen molar-refractivity contribution in [3.8, 4) is 0 Å². The molecule has 0 bridgehead atoms. The number of hydrogen-bond acceptors (Lipinski definition) is 6. The van der Waals surface area contributed by atoms with Crippen LogP contribution in [-0.2, 0) is 28.2 Å². The van der Waals surface area contributed by atoms with Crippen LogP contribution in [0, 0.1) is 0 Å². The van der Waals surface area contributed by atoms with E-state index in [0.717, 1.165) is 70.6 Å². The summed E-state index contributed by atoms with van der Waals surface area (Å²) in [5.74, 6) is -0.914. The fraction of sp³-hybridized carbons (Fsp3) is 0.821. The summed E-state index contributed by atoms with van der Waals surface area (Å²) >= 11 is 0. The third kappa shape index (κ3) is 37.1. The second kappa shape index (κ2) is 35.1. The largest absolute Gasteiger partial charge is 0.469 e. The molecule has 0 radical (unpaired) electrons. The Balaban J connectivity index is 4.01. The first-order chi connectivity index (χ1) is 23.3. The molecule has 0 amide bonds. The van der Waals surface area contributed by atoms with Gasteiger partial charge < -0.3 is 19.3 Å². The van der Waals surface area contributed by atoms with Crippen LogP contribution in [0.4, 0.5) is 0 Å². The highest BCUT2D eigenvalue weighted by Gasteiger charge is 2.22. The van der Waals surface area contributed by atoms with Crippen molar-refractivity contribution < 1.29 is 37.9 Å². The molecule has 9 heteroatoms. The number of carbonyl (C=O) groups is 2. The summed E-state index contributed by atoms with van der Waals surface area (Å²) in [6.07, 6.45) is 36.7. The van der Waals surface area contributed by atoms with Crippen LogP contribution in [-0.4, -0.2) is 41.0 Å². The van der Waals surface area contributed by atoms with Crippen molar-refractivity contribution in [1.82, 2.24) is 0 Å². The molecular formula is C39H71O8P. The Morgan fingerprint density at radius 3 is 1.48 bits per heavy atom. The maximum Gasteiger partial charge on any atom is 0.469 e. The first-order valence-corrected chi connectivity index (χ1v) is 20.9.